The van der Waals surface area contributed by atoms with Crippen molar-refractivity contribution < 1.29 is 4.79 Å². The van der Waals surface area contributed by atoms with Crippen molar-refractivity contribution in [3.8, 4) is 11.8 Å². The van der Waals surface area contributed by atoms with Gasteiger partial charge >= 0.3 is 0 Å². The summed E-state index contributed by atoms with van der Waals surface area (Å²) in [6.45, 7) is 2.40. The standard InChI is InChI=1S/C7H11NOS/c1-2-3-4-5-8-7(9)6-10/h10H,4-6H2,1H3,(H,8,9). The number of amides is 1. The van der Waals surface area contributed by atoms with Crippen LogP contribution < -0.4 is 5.32 Å². The third kappa shape index (κ3) is 5.52. The van der Waals surface area contributed by atoms with Gasteiger partial charge in [0.2, 0.25) is 5.91 Å². The maximum atomic E-state index is 10.5. The van der Waals surface area contributed by atoms with Crippen molar-refractivity contribution in [1.29, 1.82) is 0 Å². The molecule has 0 spiro atoms. The van der Waals surface area contributed by atoms with Gasteiger partial charge in [0.1, 0.15) is 0 Å². The maximum absolute atomic E-state index is 10.5. The van der Waals surface area contributed by atoms with Crippen molar-refractivity contribution in [2.45, 2.75) is 13.3 Å². The topological polar surface area (TPSA) is 29.1 Å². The fraction of sp³-hybridized carbons (Fsp3) is 0.571. The van der Waals surface area contributed by atoms with Crippen molar-refractivity contribution in [2.75, 3.05) is 12.3 Å². The highest BCUT2D eigenvalue weighted by Crippen LogP contribution is 1.75. The van der Waals surface area contributed by atoms with Gasteiger partial charge in [0.05, 0.1) is 5.75 Å². The monoisotopic (exact) mass is 157 g/mol. The molecule has 0 aliphatic carbocycles. The number of rotatable bonds is 3. The molecule has 0 heterocycles. The molecule has 56 valence electrons. The van der Waals surface area contributed by atoms with Gasteiger partial charge in [-0.1, -0.05) is 0 Å². The molecule has 3 heteroatoms. The van der Waals surface area contributed by atoms with Crippen LogP contribution in [0.25, 0.3) is 0 Å². The van der Waals surface area contributed by atoms with E-state index in [1.807, 2.05) is 0 Å². The van der Waals surface area contributed by atoms with Gasteiger partial charge in [-0.05, 0) is 6.92 Å². The van der Waals surface area contributed by atoms with Gasteiger partial charge in [-0.25, -0.2) is 0 Å². The predicted molar refractivity (Wildman–Crippen MR) is 44.9 cm³/mol. The van der Waals surface area contributed by atoms with Gasteiger partial charge in [-0.3, -0.25) is 4.79 Å². The lowest BCUT2D eigenvalue weighted by Crippen LogP contribution is -2.25. The first-order valence-corrected chi connectivity index (χ1v) is 3.71. The van der Waals surface area contributed by atoms with Gasteiger partial charge in [0, 0.05) is 13.0 Å². The molecule has 1 N–H and O–H groups in total. The molecule has 0 saturated carbocycles. The zero-order chi connectivity index (χ0) is 7.82. The van der Waals surface area contributed by atoms with E-state index in [2.05, 4.69) is 29.8 Å². The van der Waals surface area contributed by atoms with Crippen LogP contribution in [0, 0.1) is 11.8 Å². The number of carbonyl (C=O) groups is 1. The summed E-state index contributed by atoms with van der Waals surface area (Å²) >= 11 is 3.79. The van der Waals surface area contributed by atoms with E-state index >= 15 is 0 Å². The number of nitrogens with one attached hydrogen (secondary N) is 1. The Morgan fingerprint density at radius 3 is 2.90 bits per heavy atom. The molecule has 0 fully saturated rings. The van der Waals surface area contributed by atoms with Crippen LogP contribution >= 0.6 is 12.6 Å². The fourth-order valence-electron chi connectivity index (χ4n) is 0.445. The Hall–Kier alpha value is -0.620. The van der Waals surface area contributed by atoms with E-state index in [1.54, 1.807) is 6.92 Å². The second kappa shape index (κ2) is 6.50. The average molecular weight is 157 g/mol. The Morgan fingerprint density at radius 2 is 2.40 bits per heavy atom. The van der Waals surface area contributed by atoms with E-state index in [-0.39, 0.29) is 11.7 Å². The van der Waals surface area contributed by atoms with E-state index in [0.29, 0.717) is 6.54 Å². The molecule has 1 amide bonds. The minimum absolute atomic E-state index is 0.0405. The molecular formula is C7H11NOS. The molecule has 2 nitrogen and oxygen atoms in total. The summed E-state index contributed by atoms with van der Waals surface area (Å²) in [5.41, 5.74) is 0. The van der Waals surface area contributed by atoms with Gasteiger partial charge in [0.15, 0.2) is 0 Å². The van der Waals surface area contributed by atoms with Crippen LogP contribution in [-0.4, -0.2) is 18.2 Å². The quantitative estimate of drug-likeness (QED) is 0.347. The van der Waals surface area contributed by atoms with E-state index in [1.165, 1.54) is 0 Å². The molecule has 0 aliphatic heterocycles. The summed E-state index contributed by atoms with van der Waals surface area (Å²) in [5, 5.41) is 2.65. The Labute approximate surface area is 66.8 Å². The van der Waals surface area contributed by atoms with E-state index in [9.17, 15) is 4.79 Å². The molecule has 0 bridgehead atoms. The fourth-order valence-corrected chi connectivity index (χ4v) is 0.557. The lowest BCUT2D eigenvalue weighted by atomic mass is 10.4. The summed E-state index contributed by atoms with van der Waals surface area (Å²) in [4.78, 5) is 10.5. The minimum atomic E-state index is -0.0405. The number of hydrogen-bond acceptors (Lipinski definition) is 2. The van der Waals surface area contributed by atoms with Crippen molar-refractivity contribution in [3.63, 3.8) is 0 Å². The van der Waals surface area contributed by atoms with Crippen LogP contribution in [0.1, 0.15) is 13.3 Å². The maximum Gasteiger partial charge on any atom is 0.229 e. The Balaban J connectivity index is 3.17. The number of hydrogen-bond donors (Lipinski definition) is 2. The van der Waals surface area contributed by atoms with Gasteiger partial charge in [-0.2, -0.15) is 12.6 Å². The zero-order valence-corrected chi connectivity index (χ0v) is 6.87. The van der Waals surface area contributed by atoms with Crippen molar-refractivity contribution in [2.24, 2.45) is 0 Å². The van der Waals surface area contributed by atoms with Crippen LogP contribution in [0.3, 0.4) is 0 Å². The van der Waals surface area contributed by atoms with Crippen LogP contribution in [0.4, 0.5) is 0 Å². The molecule has 0 aromatic carbocycles. The van der Waals surface area contributed by atoms with E-state index in [0.717, 1.165) is 6.42 Å². The van der Waals surface area contributed by atoms with Crippen LogP contribution in [0.5, 0.6) is 0 Å². The molecule has 0 unspecified atom stereocenters. The highest BCUT2D eigenvalue weighted by molar-refractivity contribution is 7.81. The first-order valence-electron chi connectivity index (χ1n) is 3.08. The summed E-state index contributed by atoms with van der Waals surface area (Å²) in [6, 6.07) is 0. The molecule has 10 heavy (non-hydrogen) atoms. The van der Waals surface area contributed by atoms with Crippen molar-refractivity contribution >= 4 is 18.5 Å². The number of carbonyl (C=O) groups excluding carboxylic acids is 1. The lowest BCUT2D eigenvalue weighted by molar-refractivity contribution is -0.118. The van der Waals surface area contributed by atoms with Crippen molar-refractivity contribution in [3.05, 3.63) is 0 Å². The predicted octanol–water partition coefficient (Wildman–Crippen LogP) is 0.446. The van der Waals surface area contributed by atoms with Crippen LogP contribution in [0.15, 0.2) is 0 Å². The first-order chi connectivity index (χ1) is 4.81. The molecule has 0 atom stereocenters. The van der Waals surface area contributed by atoms with Crippen LogP contribution in [0.2, 0.25) is 0 Å². The lowest BCUT2D eigenvalue weighted by Gasteiger charge is -1.96. The highest BCUT2D eigenvalue weighted by Gasteiger charge is 1.92. The molecule has 0 saturated heterocycles. The van der Waals surface area contributed by atoms with E-state index < -0.39 is 0 Å². The largest absolute Gasteiger partial charge is 0.354 e. The van der Waals surface area contributed by atoms with Gasteiger partial charge < -0.3 is 5.32 Å². The summed E-state index contributed by atoms with van der Waals surface area (Å²) in [6.07, 6.45) is 0.718. The van der Waals surface area contributed by atoms with E-state index in [4.69, 9.17) is 0 Å². The molecule has 0 aromatic heterocycles. The third-order valence-electron chi connectivity index (χ3n) is 0.893. The number of thiol groups is 1. The molecule has 0 aromatic rings. The van der Waals surface area contributed by atoms with Crippen LogP contribution in [-0.2, 0) is 4.79 Å². The van der Waals surface area contributed by atoms with Crippen molar-refractivity contribution in [1.82, 2.24) is 5.32 Å². The van der Waals surface area contributed by atoms with Gasteiger partial charge in [0.25, 0.3) is 0 Å². The molecule has 0 aliphatic rings. The smallest absolute Gasteiger partial charge is 0.229 e. The zero-order valence-electron chi connectivity index (χ0n) is 5.98. The minimum Gasteiger partial charge on any atom is -0.354 e. The summed E-state index contributed by atoms with van der Waals surface area (Å²) < 4.78 is 0. The Bertz CT molecular complexity index is 157. The molecule has 0 rings (SSSR count). The average Bonchev–Trinajstić information content (AvgIpc) is 1.98. The van der Waals surface area contributed by atoms with Gasteiger partial charge in [-0.15, -0.1) is 11.8 Å². The first kappa shape index (κ1) is 9.38. The highest BCUT2D eigenvalue weighted by atomic mass is 32.1. The molecular weight excluding hydrogens is 146 g/mol. The SMILES string of the molecule is CC#CCCNC(=O)CS. The summed E-state index contributed by atoms with van der Waals surface area (Å²) in [5.74, 6) is 5.79. The second-order valence-corrected chi connectivity index (χ2v) is 2.00. The summed E-state index contributed by atoms with van der Waals surface area (Å²) in [7, 11) is 0. The second-order valence-electron chi connectivity index (χ2n) is 1.68. The third-order valence-corrected chi connectivity index (χ3v) is 1.18. The Kier molecular flexibility index (Phi) is 6.10. The Morgan fingerprint density at radius 1 is 1.70 bits per heavy atom. The molecule has 0 radical (unpaired) electrons. The normalized spacial score (nSPS) is 7.80.